The number of amides is 5. The first-order valence-electron chi connectivity index (χ1n) is 16.9. The highest BCUT2D eigenvalue weighted by atomic mass is 16.3. The summed E-state index contributed by atoms with van der Waals surface area (Å²) in [5.41, 5.74) is 12.8. The number of nitrogens with zero attached hydrogens (tertiary/aromatic N) is 1. The second-order valence-electron chi connectivity index (χ2n) is 12.5. The fourth-order valence-electron chi connectivity index (χ4n) is 5.91. The van der Waals surface area contributed by atoms with E-state index in [4.69, 9.17) is 11.5 Å². The number of hydrogen-bond donors (Lipinski definition) is 8. The highest BCUT2D eigenvalue weighted by molar-refractivity contribution is 5.97. The van der Waals surface area contributed by atoms with Crippen molar-refractivity contribution in [2.75, 3.05) is 13.1 Å². The van der Waals surface area contributed by atoms with E-state index >= 15 is 0 Å². The van der Waals surface area contributed by atoms with E-state index in [1.807, 2.05) is 42.5 Å². The largest absolute Gasteiger partial charge is 0.508 e. The fraction of sp³-hybridized carbons (Fsp3) is 0.263. The zero-order valence-electron chi connectivity index (χ0n) is 28.4. The molecule has 0 spiro atoms. The number of phenols is 1. The average molecular weight is 707 g/mol. The van der Waals surface area contributed by atoms with Gasteiger partial charge in [-0.15, -0.1) is 0 Å². The van der Waals surface area contributed by atoms with Gasteiger partial charge >= 0.3 is 0 Å². The van der Waals surface area contributed by atoms with Crippen molar-refractivity contribution < 1.29 is 29.1 Å². The minimum Gasteiger partial charge on any atom is -0.508 e. The number of aromatic hydroxyl groups is 1. The molecule has 0 aromatic heterocycles. The molecule has 1 aliphatic rings. The van der Waals surface area contributed by atoms with Crippen LogP contribution in [-0.2, 0) is 36.8 Å². The van der Waals surface area contributed by atoms with Gasteiger partial charge in [-0.1, -0.05) is 84.9 Å². The number of aliphatic imine (C=N–C) groups is 1. The molecule has 52 heavy (non-hydrogen) atoms. The number of nitrogens with one attached hydrogen (secondary N) is 5. The quantitative estimate of drug-likeness (QED) is 0.0704. The summed E-state index contributed by atoms with van der Waals surface area (Å²) in [6.07, 6.45) is 0.479. The molecular weight excluding hydrogens is 664 g/mol. The van der Waals surface area contributed by atoms with E-state index in [0.29, 0.717) is 17.5 Å². The summed E-state index contributed by atoms with van der Waals surface area (Å²) >= 11 is 0. The van der Waals surface area contributed by atoms with Crippen LogP contribution in [0.4, 0.5) is 0 Å². The van der Waals surface area contributed by atoms with Crippen molar-refractivity contribution in [3.63, 3.8) is 0 Å². The number of carbonyl (C=O) groups is 5. The molecule has 5 amide bonds. The summed E-state index contributed by atoms with van der Waals surface area (Å²) < 4.78 is 0. The monoisotopic (exact) mass is 706 g/mol. The van der Waals surface area contributed by atoms with E-state index in [1.54, 1.807) is 42.5 Å². The number of carbonyl (C=O) groups excluding carboxylic acids is 5. The van der Waals surface area contributed by atoms with E-state index < -0.39 is 60.2 Å². The van der Waals surface area contributed by atoms with Crippen molar-refractivity contribution in [2.45, 2.75) is 49.9 Å². The summed E-state index contributed by atoms with van der Waals surface area (Å²) in [4.78, 5) is 72.8. The Bertz CT molecular complexity index is 1930. The van der Waals surface area contributed by atoms with Crippen LogP contribution < -0.4 is 38.1 Å². The lowest BCUT2D eigenvalue weighted by atomic mass is 10.00. The molecule has 0 aliphatic carbocycles. The van der Waals surface area contributed by atoms with Gasteiger partial charge in [0.2, 0.25) is 29.5 Å². The zero-order chi connectivity index (χ0) is 37.0. The Kier molecular flexibility index (Phi) is 12.4. The predicted molar refractivity (Wildman–Crippen MR) is 196 cm³/mol. The molecule has 1 aliphatic heterocycles. The van der Waals surface area contributed by atoms with Gasteiger partial charge in [-0.3, -0.25) is 29.0 Å². The highest BCUT2D eigenvalue weighted by Crippen LogP contribution is 2.19. The Labute approximate surface area is 300 Å². The van der Waals surface area contributed by atoms with Gasteiger partial charge in [-0.2, -0.15) is 0 Å². The highest BCUT2D eigenvalue weighted by Gasteiger charge is 2.33. The normalized spacial score (nSPS) is 20.3. The van der Waals surface area contributed by atoms with Crippen molar-refractivity contribution in [1.29, 1.82) is 0 Å². The molecular formula is C38H42N8O6. The lowest BCUT2D eigenvalue weighted by molar-refractivity contribution is -0.134. The van der Waals surface area contributed by atoms with E-state index in [1.165, 1.54) is 12.1 Å². The third kappa shape index (κ3) is 10.3. The Hall–Kier alpha value is -6.44. The van der Waals surface area contributed by atoms with E-state index in [2.05, 4.69) is 31.6 Å². The Morgan fingerprint density at radius 3 is 2.00 bits per heavy atom. The lowest BCUT2D eigenvalue weighted by Gasteiger charge is -2.26. The maximum Gasteiger partial charge on any atom is 0.247 e. The second-order valence-corrected chi connectivity index (χ2v) is 12.5. The van der Waals surface area contributed by atoms with Gasteiger partial charge in [0.15, 0.2) is 5.96 Å². The zero-order valence-corrected chi connectivity index (χ0v) is 28.4. The van der Waals surface area contributed by atoms with Gasteiger partial charge in [0.05, 0.1) is 6.54 Å². The second kappa shape index (κ2) is 17.5. The summed E-state index contributed by atoms with van der Waals surface area (Å²) in [7, 11) is 0. The molecule has 1 fully saturated rings. The lowest BCUT2D eigenvalue weighted by Crippen LogP contribution is -2.56. The van der Waals surface area contributed by atoms with Crippen molar-refractivity contribution in [2.24, 2.45) is 16.5 Å². The number of fused-ring (bicyclic) bond motifs is 1. The molecule has 0 radical (unpaired) electrons. The topological polar surface area (TPSA) is 230 Å². The van der Waals surface area contributed by atoms with Gasteiger partial charge in [-0.25, -0.2) is 0 Å². The first-order valence-corrected chi connectivity index (χ1v) is 16.9. The van der Waals surface area contributed by atoms with Crippen LogP contribution in [0.3, 0.4) is 0 Å². The van der Waals surface area contributed by atoms with Gasteiger partial charge in [0.1, 0.15) is 29.9 Å². The third-order valence-electron chi connectivity index (χ3n) is 8.60. The number of phenolic OH excluding ortho intramolecular Hbond substituents is 1. The smallest absolute Gasteiger partial charge is 0.247 e. The van der Waals surface area contributed by atoms with Crippen LogP contribution in [0.1, 0.15) is 35.6 Å². The van der Waals surface area contributed by atoms with E-state index in [9.17, 15) is 29.1 Å². The van der Waals surface area contributed by atoms with Crippen LogP contribution in [0.15, 0.2) is 102 Å². The molecule has 4 atom stereocenters. The molecule has 1 heterocycles. The maximum absolute atomic E-state index is 14.1. The van der Waals surface area contributed by atoms with Gasteiger partial charge < -0.3 is 43.2 Å². The minimum atomic E-state index is -1.26. The molecule has 5 rings (SSSR count). The standard InChI is InChI=1S/C38H42N8O6/c39-38(40)41-18-6-11-29-35(50)45-30(21-24-12-15-25-7-4-5-10-27(25)19-24)34(49)42-22-32(48)43-31(20-23-13-16-28(47)17-14-23)36(51)46-33(37(52)44-29)26-8-2-1-3-9-26/h1-5,7-10,12-17,19,29-31,33,47H,6,11,18,20-22H2,(H,42,49)(H,43,48)(H,44,52)(H,45,50)(H,46,51)(H4,39,40,41)/t29-,30-,31+,33+/m0/s1. The fourth-order valence-corrected chi connectivity index (χ4v) is 5.91. The summed E-state index contributed by atoms with van der Waals surface area (Å²) in [5.74, 6) is -3.44. The minimum absolute atomic E-state index is 0.00692. The van der Waals surface area contributed by atoms with Gasteiger partial charge in [0, 0.05) is 19.4 Å². The van der Waals surface area contributed by atoms with Crippen molar-refractivity contribution in [3.05, 3.63) is 114 Å². The molecule has 1 saturated heterocycles. The van der Waals surface area contributed by atoms with E-state index in [0.717, 1.165) is 16.3 Å². The molecule has 0 saturated carbocycles. The molecule has 4 aromatic rings. The number of guanidine groups is 1. The average Bonchev–Trinajstić information content (AvgIpc) is 3.14. The van der Waals surface area contributed by atoms with Crippen molar-refractivity contribution >= 4 is 46.3 Å². The SMILES string of the molecule is NC(N)=NCCC[C@@H]1NC(=O)[C@@H](c2ccccc2)NC(=O)[C@@H](Cc2ccc(O)cc2)NC(=O)CNC(=O)[C@H](Cc2ccc3ccccc3c2)NC1=O. The van der Waals surface area contributed by atoms with Crippen molar-refractivity contribution in [3.8, 4) is 5.75 Å². The summed E-state index contributed by atoms with van der Waals surface area (Å²) in [6, 6.07) is 23.3. The van der Waals surface area contributed by atoms with Crippen LogP contribution in [-0.4, -0.2) is 71.8 Å². The summed E-state index contributed by atoms with van der Waals surface area (Å²) in [5, 5.41) is 25.3. The van der Waals surface area contributed by atoms with Crippen LogP contribution >= 0.6 is 0 Å². The molecule has 14 nitrogen and oxygen atoms in total. The molecule has 14 heteroatoms. The van der Waals surface area contributed by atoms with E-state index in [-0.39, 0.29) is 37.5 Å². The first-order chi connectivity index (χ1) is 25.0. The molecule has 0 unspecified atom stereocenters. The molecule has 270 valence electrons. The Balaban J connectivity index is 1.49. The van der Waals surface area contributed by atoms with Gasteiger partial charge in [-0.05, 0) is 52.4 Å². The van der Waals surface area contributed by atoms with Crippen LogP contribution in [0.25, 0.3) is 10.8 Å². The third-order valence-corrected chi connectivity index (χ3v) is 8.60. The van der Waals surface area contributed by atoms with Crippen LogP contribution in [0.5, 0.6) is 5.75 Å². The van der Waals surface area contributed by atoms with Crippen LogP contribution in [0, 0.1) is 0 Å². The number of benzene rings is 4. The molecule has 10 N–H and O–H groups in total. The maximum atomic E-state index is 14.1. The Morgan fingerprint density at radius 2 is 1.27 bits per heavy atom. The van der Waals surface area contributed by atoms with Gasteiger partial charge in [0.25, 0.3) is 0 Å². The molecule has 0 bridgehead atoms. The number of nitrogens with two attached hydrogens (primary N) is 2. The summed E-state index contributed by atoms with van der Waals surface area (Å²) in [6.45, 7) is -0.321. The number of hydrogen-bond acceptors (Lipinski definition) is 7. The number of rotatable bonds is 9. The molecule has 4 aromatic carbocycles. The van der Waals surface area contributed by atoms with Crippen molar-refractivity contribution in [1.82, 2.24) is 26.6 Å². The predicted octanol–water partition coefficient (Wildman–Crippen LogP) is 0.826. The first kappa shape index (κ1) is 36.8. The Morgan fingerprint density at radius 1 is 0.654 bits per heavy atom. The van der Waals surface area contributed by atoms with Crippen LogP contribution in [0.2, 0.25) is 0 Å².